The SMILES string of the molecule is COc1ccc(F)cc1C(=O)NCc1ccc(-c2nc3n4c(cnc(N)c24)/C=C/CCN[C@H](C)CC(=O)N[C@@H]2CCC[C@@H]3C2)cc1. The molecule has 2 aromatic carbocycles. The van der Waals surface area contributed by atoms with Crippen molar-refractivity contribution >= 4 is 29.2 Å². The third-order valence-electron chi connectivity index (χ3n) is 8.82. The minimum atomic E-state index is -0.510. The van der Waals surface area contributed by atoms with E-state index in [0.717, 1.165) is 78.6 Å². The smallest absolute Gasteiger partial charge is 0.255 e. The molecule has 3 heterocycles. The zero-order valence-corrected chi connectivity index (χ0v) is 26.2. The van der Waals surface area contributed by atoms with E-state index in [1.54, 1.807) is 6.20 Å². The highest BCUT2D eigenvalue weighted by Crippen LogP contribution is 2.38. The number of amides is 2. The Bertz CT molecular complexity index is 1770. The predicted octanol–water partition coefficient (Wildman–Crippen LogP) is 4.98. The normalized spacial score (nSPS) is 21.1. The molecule has 0 saturated heterocycles. The molecule has 0 radical (unpaired) electrons. The van der Waals surface area contributed by atoms with Crippen molar-refractivity contribution in [3.05, 3.63) is 83.2 Å². The monoisotopic (exact) mass is 625 g/mol. The fourth-order valence-electron chi connectivity index (χ4n) is 6.51. The molecule has 11 heteroatoms. The number of anilines is 1. The van der Waals surface area contributed by atoms with Crippen LogP contribution in [-0.4, -0.2) is 51.9 Å². The largest absolute Gasteiger partial charge is 0.496 e. The van der Waals surface area contributed by atoms with Gasteiger partial charge in [0.1, 0.15) is 34.4 Å². The molecule has 3 atom stereocenters. The summed E-state index contributed by atoms with van der Waals surface area (Å²) in [5, 5.41) is 9.56. The minimum Gasteiger partial charge on any atom is -0.496 e. The molecule has 10 nitrogen and oxygen atoms in total. The standard InChI is InChI=1S/C35H40FN7O3/c1-21-16-30(44)41-26-7-5-6-24(17-26)34-42-31(32-33(37)39-20-27(43(32)34)8-3-4-15-38-21)23-11-9-22(10-12-23)19-40-35(45)28-18-25(36)13-14-29(28)46-2/h3,8-14,18,20-21,24,26,38H,4-7,15-17,19H2,1-2H3,(H2,37,39)(H,40,45)(H,41,44)/b8-3+/t21-,24-,26-/m1/s1. The van der Waals surface area contributed by atoms with E-state index >= 15 is 0 Å². The summed E-state index contributed by atoms with van der Waals surface area (Å²) in [6, 6.07) is 11.8. The number of fused-ring (bicyclic) bond motifs is 3. The summed E-state index contributed by atoms with van der Waals surface area (Å²) in [6.45, 7) is 3.05. The Morgan fingerprint density at radius 1 is 1.20 bits per heavy atom. The highest BCUT2D eigenvalue weighted by molar-refractivity contribution is 5.97. The lowest BCUT2D eigenvalue weighted by atomic mass is 9.85. The van der Waals surface area contributed by atoms with Crippen LogP contribution in [-0.2, 0) is 11.3 Å². The summed E-state index contributed by atoms with van der Waals surface area (Å²) in [6.07, 6.45) is 10.9. The first kappa shape index (κ1) is 31.2. The molecule has 6 rings (SSSR count). The fraction of sp³-hybridized carbons (Fsp3) is 0.371. The van der Waals surface area contributed by atoms with E-state index in [1.165, 1.54) is 19.2 Å². The van der Waals surface area contributed by atoms with Crippen LogP contribution in [0.25, 0.3) is 22.9 Å². The highest BCUT2D eigenvalue weighted by Gasteiger charge is 2.30. The van der Waals surface area contributed by atoms with Gasteiger partial charge in [0, 0.05) is 36.5 Å². The van der Waals surface area contributed by atoms with E-state index in [2.05, 4.69) is 37.5 Å². The number of carbonyl (C=O) groups is 2. The van der Waals surface area contributed by atoms with E-state index in [0.29, 0.717) is 18.0 Å². The maximum Gasteiger partial charge on any atom is 0.255 e. The molecule has 5 N–H and O–H groups in total. The van der Waals surface area contributed by atoms with Crippen molar-refractivity contribution in [2.75, 3.05) is 19.4 Å². The number of imidazole rings is 1. The molecule has 2 aromatic heterocycles. The van der Waals surface area contributed by atoms with Crippen molar-refractivity contribution in [1.29, 1.82) is 0 Å². The lowest BCUT2D eigenvalue weighted by Gasteiger charge is -2.29. The number of ether oxygens (including phenoxy) is 1. The summed E-state index contributed by atoms with van der Waals surface area (Å²) < 4.78 is 21.2. The number of aromatic nitrogens is 3. The van der Waals surface area contributed by atoms with Crippen molar-refractivity contribution in [1.82, 2.24) is 30.3 Å². The maximum absolute atomic E-state index is 13.8. The zero-order chi connectivity index (χ0) is 32.2. The molecule has 1 fully saturated rings. The number of nitrogens with two attached hydrogens (primary N) is 1. The number of nitrogens with one attached hydrogen (secondary N) is 3. The van der Waals surface area contributed by atoms with Crippen LogP contribution in [0.2, 0.25) is 0 Å². The van der Waals surface area contributed by atoms with Crippen molar-refractivity contribution < 1.29 is 18.7 Å². The topological polar surface area (TPSA) is 136 Å². The first-order chi connectivity index (χ1) is 22.3. The Hall–Kier alpha value is -4.77. The van der Waals surface area contributed by atoms with Crippen LogP contribution in [0.3, 0.4) is 0 Å². The van der Waals surface area contributed by atoms with Gasteiger partial charge in [0.05, 0.1) is 24.6 Å². The first-order valence-corrected chi connectivity index (χ1v) is 15.9. The molecule has 240 valence electrons. The minimum absolute atomic E-state index is 0.0743. The number of nitrogens with zero attached hydrogens (tertiary/aromatic N) is 3. The lowest BCUT2D eigenvalue weighted by molar-refractivity contribution is -0.122. The van der Waals surface area contributed by atoms with Crippen molar-refractivity contribution in [3.63, 3.8) is 0 Å². The van der Waals surface area contributed by atoms with Gasteiger partial charge in [0.15, 0.2) is 0 Å². The van der Waals surface area contributed by atoms with Gasteiger partial charge < -0.3 is 26.4 Å². The Balaban J connectivity index is 1.32. The van der Waals surface area contributed by atoms with Crippen molar-refractivity contribution in [2.45, 2.75) is 70.0 Å². The second-order valence-electron chi connectivity index (χ2n) is 12.2. The van der Waals surface area contributed by atoms with Crippen LogP contribution >= 0.6 is 0 Å². The van der Waals surface area contributed by atoms with Gasteiger partial charge in [0.2, 0.25) is 5.91 Å². The molecule has 4 aromatic rings. The van der Waals surface area contributed by atoms with Crippen LogP contribution in [0, 0.1) is 5.82 Å². The van der Waals surface area contributed by atoms with Gasteiger partial charge in [-0.2, -0.15) is 0 Å². The number of benzene rings is 2. The highest BCUT2D eigenvalue weighted by atomic mass is 19.1. The molecule has 0 unspecified atom stereocenters. The summed E-state index contributed by atoms with van der Waals surface area (Å²) >= 11 is 0. The Morgan fingerprint density at radius 3 is 2.83 bits per heavy atom. The number of rotatable bonds is 5. The van der Waals surface area contributed by atoms with Gasteiger partial charge in [0.25, 0.3) is 5.91 Å². The van der Waals surface area contributed by atoms with Crippen LogP contribution in [0.4, 0.5) is 10.2 Å². The second-order valence-corrected chi connectivity index (χ2v) is 12.2. The van der Waals surface area contributed by atoms with Crippen LogP contribution in [0.1, 0.15) is 78.8 Å². The van der Waals surface area contributed by atoms with Gasteiger partial charge in [-0.05, 0) is 69.0 Å². The van der Waals surface area contributed by atoms with E-state index < -0.39 is 11.7 Å². The number of hydrogen-bond donors (Lipinski definition) is 4. The van der Waals surface area contributed by atoms with Crippen LogP contribution < -0.4 is 26.4 Å². The third kappa shape index (κ3) is 6.74. The zero-order valence-electron chi connectivity index (χ0n) is 26.2. The first-order valence-electron chi connectivity index (χ1n) is 15.9. The van der Waals surface area contributed by atoms with Crippen molar-refractivity contribution in [2.24, 2.45) is 0 Å². The predicted molar refractivity (Wildman–Crippen MR) is 176 cm³/mol. The molecule has 2 amide bonds. The molecule has 1 aliphatic carbocycles. The van der Waals surface area contributed by atoms with Gasteiger partial charge in [-0.15, -0.1) is 0 Å². The average molecular weight is 626 g/mol. The Morgan fingerprint density at radius 2 is 2.02 bits per heavy atom. The fourth-order valence-corrected chi connectivity index (χ4v) is 6.51. The Kier molecular flexibility index (Phi) is 9.30. The van der Waals surface area contributed by atoms with Gasteiger partial charge in [-0.25, -0.2) is 14.4 Å². The number of halogens is 1. The Labute approximate surface area is 267 Å². The van der Waals surface area contributed by atoms with E-state index in [9.17, 15) is 14.0 Å². The third-order valence-corrected chi connectivity index (χ3v) is 8.82. The molecular formula is C35H40FN7O3. The van der Waals surface area contributed by atoms with Gasteiger partial charge >= 0.3 is 0 Å². The molecule has 2 bridgehead atoms. The number of hydrogen-bond acceptors (Lipinski definition) is 7. The number of methoxy groups -OCH3 is 1. The van der Waals surface area contributed by atoms with Crippen molar-refractivity contribution in [3.8, 4) is 17.0 Å². The quantitative estimate of drug-likeness (QED) is 0.246. The van der Waals surface area contributed by atoms with Crippen LogP contribution in [0.15, 0.2) is 54.7 Å². The summed E-state index contributed by atoms with van der Waals surface area (Å²) in [4.78, 5) is 35.4. The van der Waals surface area contributed by atoms with Crippen LogP contribution in [0.5, 0.6) is 5.75 Å². The second kappa shape index (κ2) is 13.7. The molecular weight excluding hydrogens is 585 g/mol. The van der Waals surface area contributed by atoms with Gasteiger partial charge in [-0.3, -0.25) is 14.0 Å². The van der Waals surface area contributed by atoms with E-state index in [4.69, 9.17) is 15.5 Å². The van der Waals surface area contributed by atoms with Gasteiger partial charge in [-0.1, -0.05) is 36.8 Å². The number of nitrogen functional groups attached to an aromatic ring is 1. The maximum atomic E-state index is 13.8. The summed E-state index contributed by atoms with van der Waals surface area (Å²) in [5.41, 5.74) is 10.8. The molecule has 2 aliphatic rings. The summed E-state index contributed by atoms with van der Waals surface area (Å²) in [5.74, 6) is 0.874. The molecule has 46 heavy (non-hydrogen) atoms. The summed E-state index contributed by atoms with van der Waals surface area (Å²) in [7, 11) is 1.44. The molecule has 1 aliphatic heterocycles. The molecule has 1 saturated carbocycles. The van der Waals surface area contributed by atoms with E-state index in [-0.39, 0.29) is 36.0 Å². The average Bonchev–Trinajstić information content (AvgIpc) is 3.46. The lowest BCUT2D eigenvalue weighted by Crippen LogP contribution is -2.41. The van der Waals surface area contributed by atoms with E-state index in [1.807, 2.05) is 31.2 Å². The molecule has 0 spiro atoms. The number of carbonyl (C=O) groups excluding carboxylic acids is 2.